The number of halogens is 2. The van der Waals surface area contributed by atoms with Crippen molar-refractivity contribution in [1.82, 2.24) is 9.78 Å². The quantitative estimate of drug-likeness (QED) is 0.331. The highest BCUT2D eigenvalue weighted by Crippen LogP contribution is 2.29. The number of hydrogen-bond donors (Lipinski definition) is 1. The summed E-state index contributed by atoms with van der Waals surface area (Å²) in [7, 11) is 0. The van der Waals surface area contributed by atoms with Crippen LogP contribution in [0.4, 0.5) is 5.69 Å². The SMILES string of the molecule is Cc1nn(-c2ccccc2)c(C)c1C(=O)C(=O)OC(C)C(=O)Nc1cccc(Cl)c1Cl. The van der Waals surface area contributed by atoms with Gasteiger partial charge in [0, 0.05) is 0 Å². The van der Waals surface area contributed by atoms with E-state index in [0.717, 1.165) is 5.69 Å². The van der Waals surface area contributed by atoms with E-state index in [2.05, 4.69) is 10.4 Å². The fourth-order valence-corrected chi connectivity index (χ4v) is 3.34. The Balaban J connectivity index is 1.73. The van der Waals surface area contributed by atoms with Crippen LogP contribution in [-0.2, 0) is 14.3 Å². The Morgan fingerprint density at radius 2 is 1.71 bits per heavy atom. The van der Waals surface area contributed by atoms with E-state index in [0.29, 0.717) is 11.4 Å². The molecule has 31 heavy (non-hydrogen) atoms. The molecule has 2 aromatic carbocycles. The summed E-state index contributed by atoms with van der Waals surface area (Å²) in [5.41, 5.74) is 2.03. The van der Waals surface area contributed by atoms with Crippen LogP contribution in [0.1, 0.15) is 28.7 Å². The minimum absolute atomic E-state index is 0.138. The summed E-state index contributed by atoms with van der Waals surface area (Å²) in [4.78, 5) is 37.6. The van der Waals surface area contributed by atoms with Gasteiger partial charge in [-0.05, 0) is 45.0 Å². The molecule has 3 rings (SSSR count). The molecule has 1 unspecified atom stereocenters. The van der Waals surface area contributed by atoms with Crippen LogP contribution in [0, 0.1) is 13.8 Å². The topological polar surface area (TPSA) is 90.3 Å². The molecule has 1 amide bonds. The van der Waals surface area contributed by atoms with Crippen LogP contribution in [0.2, 0.25) is 10.0 Å². The first-order chi connectivity index (χ1) is 14.7. The van der Waals surface area contributed by atoms with Gasteiger partial charge in [0.25, 0.3) is 11.7 Å². The van der Waals surface area contributed by atoms with Gasteiger partial charge in [-0.25, -0.2) is 9.48 Å². The van der Waals surface area contributed by atoms with E-state index < -0.39 is 23.8 Å². The second-order valence-electron chi connectivity index (χ2n) is 6.76. The van der Waals surface area contributed by atoms with Crippen molar-refractivity contribution in [2.75, 3.05) is 5.32 Å². The maximum absolute atomic E-state index is 12.7. The number of benzene rings is 2. The Bertz CT molecular complexity index is 1160. The highest BCUT2D eigenvalue weighted by atomic mass is 35.5. The van der Waals surface area contributed by atoms with Gasteiger partial charge in [0.15, 0.2) is 6.10 Å². The molecular formula is C22H19Cl2N3O4. The average Bonchev–Trinajstić information content (AvgIpc) is 3.05. The predicted molar refractivity (Wildman–Crippen MR) is 118 cm³/mol. The lowest BCUT2D eigenvalue weighted by molar-refractivity contribution is -0.148. The monoisotopic (exact) mass is 459 g/mol. The first-order valence-electron chi connectivity index (χ1n) is 9.32. The third-order valence-corrected chi connectivity index (χ3v) is 5.39. The third-order valence-electron chi connectivity index (χ3n) is 4.57. The second-order valence-corrected chi connectivity index (χ2v) is 7.55. The standard InChI is InChI=1S/C22H19Cl2N3O4/c1-12-18(13(2)27(26-12)15-8-5-4-6-9-15)20(28)22(30)31-14(3)21(29)25-17-11-7-10-16(23)19(17)24/h4-11,14H,1-3H3,(H,25,29). The van der Waals surface area contributed by atoms with Crippen molar-refractivity contribution < 1.29 is 19.1 Å². The van der Waals surface area contributed by atoms with Crippen molar-refractivity contribution in [1.29, 1.82) is 0 Å². The van der Waals surface area contributed by atoms with Crippen LogP contribution in [-0.4, -0.2) is 33.5 Å². The lowest BCUT2D eigenvalue weighted by Crippen LogP contribution is -2.33. The maximum Gasteiger partial charge on any atom is 0.380 e. The van der Waals surface area contributed by atoms with Crippen molar-refractivity contribution in [3.05, 3.63) is 75.5 Å². The molecule has 1 atom stereocenters. The van der Waals surface area contributed by atoms with Crippen molar-refractivity contribution in [2.45, 2.75) is 26.9 Å². The number of hydrogen-bond acceptors (Lipinski definition) is 5. The van der Waals surface area contributed by atoms with Crippen molar-refractivity contribution in [2.24, 2.45) is 0 Å². The molecular weight excluding hydrogens is 441 g/mol. The molecule has 9 heteroatoms. The van der Waals surface area contributed by atoms with Gasteiger partial charge in [-0.1, -0.05) is 47.5 Å². The van der Waals surface area contributed by atoms with Gasteiger partial charge in [0.2, 0.25) is 0 Å². The summed E-state index contributed by atoms with van der Waals surface area (Å²) >= 11 is 12.0. The highest BCUT2D eigenvalue weighted by Gasteiger charge is 2.29. The van der Waals surface area contributed by atoms with Gasteiger partial charge >= 0.3 is 5.97 Å². The second kappa shape index (κ2) is 9.32. The first kappa shape index (κ1) is 22.5. The van der Waals surface area contributed by atoms with Crippen molar-refractivity contribution in [3.8, 4) is 5.69 Å². The Labute approximate surface area is 188 Å². The number of ketones is 1. The van der Waals surface area contributed by atoms with Gasteiger partial charge < -0.3 is 10.1 Å². The molecule has 1 N–H and O–H groups in total. The molecule has 0 radical (unpaired) electrons. The maximum atomic E-state index is 12.7. The number of esters is 1. The Morgan fingerprint density at radius 1 is 1.03 bits per heavy atom. The first-order valence-corrected chi connectivity index (χ1v) is 10.1. The molecule has 0 spiro atoms. The minimum atomic E-state index is -1.24. The van der Waals surface area contributed by atoms with Crippen molar-refractivity contribution >= 4 is 46.5 Å². The lowest BCUT2D eigenvalue weighted by atomic mass is 10.1. The van der Waals surface area contributed by atoms with Crippen LogP contribution in [0.15, 0.2) is 48.5 Å². The molecule has 160 valence electrons. The summed E-state index contributed by atoms with van der Waals surface area (Å²) in [6.45, 7) is 4.67. The van der Waals surface area contributed by atoms with E-state index in [1.165, 1.54) is 6.92 Å². The van der Waals surface area contributed by atoms with E-state index in [-0.39, 0.29) is 21.3 Å². The number of aromatic nitrogens is 2. The van der Waals surface area contributed by atoms with Crippen molar-refractivity contribution in [3.63, 3.8) is 0 Å². The molecule has 7 nitrogen and oxygen atoms in total. The summed E-state index contributed by atoms with van der Waals surface area (Å²) in [6.07, 6.45) is -1.24. The number of para-hydroxylation sites is 1. The number of carbonyl (C=O) groups excluding carboxylic acids is 3. The third kappa shape index (κ3) is 4.78. The van der Waals surface area contributed by atoms with Crippen LogP contribution < -0.4 is 5.32 Å². The highest BCUT2D eigenvalue weighted by molar-refractivity contribution is 6.44. The fourth-order valence-electron chi connectivity index (χ4n) is 3.00. The smallest absolute Gasteiger partial charge is 0.380 e. The number of Topliss-reactive ketones (excluding diaryl/α,β-unsaturated/α-hetero) is 1. The Kier molecular flexibility index (Phi) is 6.77. The van der Waals surface area contributed by atoms with E-state index in [1.807, 2.05) is 30.3 Å². The number of nitrogens with one attached hydrogen (secondary N) is 1. The van der Waals surface area contributed by atoms with Crippen LogP contribution in [0.5, 0.6) is 0 Å². The van der Waals surface area contributed by atoms with Crippen LogP contribution in [0.25, 0.3) is 5.69 Å². The zero-order valence-electron chi connectivity index (χ0n) is 17.0. The molecule has 0 aliphatic heterocycles. The van der Waals surface area contributed by atoms with Gasteiger partial charge in [-0.15, -0.1) is 0 Å². The molecule has 0 aliphatic rings. The van der Waals surface area contributed by atoms with Crippen LogP contribution >= 0.6 is 23.2 Å². The largest absolute Gasteiger partial charge is 0.447 e. The Hall–Kier alpha value is -3.16. The number of amides is 1. The normalized spacial score (nSPS) is 11.6. The summed E-state index contributed by atoms with van der Waals surface area (Å²) in [5, 5.41) is 7.30. The summed E-state index contributed by atoms with van der Waals surface area (Å²) < 4.78 is 6.66. The minimum Gasteiger partial charge on any atom is -0.447 e. The molecule has 1 aromatic heterocycles. The lowest BCUT2D eigenvalue weighted by Gasteiger charge is -2.14. The van der Waals surface area contributed by atoms with E-state index >= 15 is 0 Å². The molecule has 0 fully saturated rings. The van der Waals surface area contributed by atoms with E-state index in [1.54, 1.807) is 36.7 Å². The molecule has 0 saturated heterocycles. The average molecular weight is 460 g/mol. The number of aryl methyl sites for hydroxylation is 1. The zero-order chi connectivity index (χ0) is 22.7. The fraction of sp³-hybridized carbons (Fsp3) is 0.182. The number of rotatable bonds is 6. The number of ether oxygens (including phenoxy) is 1. The molecule has 0 aliphatic carbocycles. The number of anilines is 1. The number of carbonyl (C=O) groups is 3. The molecule has 0 bridgehead atoms. The molecule has 1 heterocycles. The van der Waals surface area contributed by atoms with Gasteiger partial charge in [-0.2, -0.15) is 5.10 Å². The summed E-state index contributed by atoms with van der Waals surface area (Å²) in [5.74, 6) is -2.69. The van der Waals surface area contributed by atoms with Crippen LogP contribution in [0.3, 0.4) is 0 Å². The molecule has 3 aromatic rings. The van der Waals surface area contributed by atoms with Gasteiger partial charge in [-0.3, -0.25) is 9.59 Å². The van der Waals surface area contributed by atoms with Gasteiger partial charge in [0.05, 0.1) is 38.4 Å². The number of nitrogens with zero attached hydrogens (tertiary/aromatic N) is 2. The van der Waals surface area contributed by atoms with Gasteiger partial charge in [0.1, 0.15) is 0 Å². The molecule has 0 saturated carbocycles. The van der Waals surface area contributed by atoms with E-state index in [4.69, 9.17) is 27.9 Å². The zero-order valence-corrected chi connectivity index (χ0v) is 18.5. The predicted octanol–water partition coefficient (Wildman–Crippen LogP) is 4.55. The van der Waals surface area contributed by atoms with E-state index in [9.17, 15) is 14.4 Å². The summed E-state index contributed by atoms with van der Waals surface area (Å²) in [6, 6.07) is 13.9. The Morgan fingerprint density at radius 3 is 2.39 bits per heavy atom.